The fourth-order valence-electron chi connectivity index (χ4n) is 2.13. The lowest BCUT2D eigenvalue weighted by atomic mass is 10.2. The minimum Gasteiger partial charge on any atom is -0.508 e. The minimum atomic E-state index is -0.824. The molecule has 122 valence electrons. The molecule has 1 fully saturated rings. The average molecular weight is 327 g/mol. The van der Waals surface area contributed by atoms with E-state index in [-0.39, 0.29) is 24.2 Å². The Morgan fingerprint density at radius 1 is 0.958 bits per heavy atom. The maximum atomic E-state index is 12.1. The molecule has 1 saturated heterocycles. The van der Waals surface area contributed by atoms with Crippen LogP contribution in [0.5, 0.6) is 17.2 Å². The number of phenolic OH excluding ortho intramolecular Hbond substituents is 1. The van der Waals surface area contributed by atoms with Gasteiger partial charge in [0.2, 0.25) is 0 Å². The molecule has 0 spiro atoms. The van der Waals surface area contributed by atoms with Crippen LogP contribution in [-0.2, 0) is 14.4 Å². The summed E-state index contributed by atoms with van der Waals surface area (Å²) in [6, 6.07) is 12.2. The van der Waals surface area contributed by atoms with Gasteiger partial charge in [-0.1, -0.05) is 6.07 Å². The molecule has 3 rings (SSSR count). The summed E-state index contributed by atoms with van der Waals surface area (Å²) in [5.41, 5.74) is 0.138. The smallest absolute Gasteiger partial charge is 0.364 e. The topological polar surface area (TPSA) is 93.1 Å². The summed E-state index contributed by atoms with van der Waals surface area (Å²) in [5.74, 6) is -0.943. The number of carbonyl (C=O) groups excluding carboxylic acids is 3. The SMILES string of the molecule is O=C(ON1C(=O)CCC1=O)c1cccc(Oc2ccc(O)cc2)c1. The van der Waals surface area contributed by atoms with Crippen LogP contribution in [0.3, 0.4) is 0 Å². The first kappa shape index (κ1) is 15.5. The molecule has 0 saturated carbocycles. The molecule has 24 heavy (non-hydrogen) atoms. The quantitative estimate of drug-likeness (QED) is 0.867. The highest BCUT2D eigenvalue weighted by molar-refractivity contribution is 6.02. The molecule has 0 bridgehead atoms. The van der Waals surface area contributed by atoms with Crippen LogP contribution in [0.2, 0.25) is 0 Å². The van der Waals surface area contributed by atoms with E-state index in [9.17, 15) is 19.5 Å². The van der Waals surface area contributed by atoms with Crippen LogP contribution in [0.15, 0.2) is 48.5 Å². The normalized spacial score (nSPS) is 13.9. The lowest BCUT2D eigenvalue weighted by molar-refractivity contribution is -0.172. The van der Waals surface area contributed by atoms with Crippen LogP contribution in [0, 0.1) is 0 Å². The molecule has 0 atom stereocenters. The maximum Gasteiger partial charge on any atom is 0.364 e. The van der Waals surface area contributed by atoms with Gasteiger partial charge < -0.3 is 14.7 Å². The molecule has 0 radical (unpaired) electrons. The third-order valence-electron chi connectivity index (χ3n) is 3.32. The van der Waals surface area contributed by atoms with Crippen LogP contribution in [0.4, 0.5) is 0 Å². The summed E-state index contributed by atoms with van der Waals surface area (Å²) in [5, 5.41) is 9.74. The molecular weight excluding hydrogens is 314 g/mol. The van der Waals surface area contributed by atoms with Crippen molar-refractivity contribution in [3.63, 3.8) is 0 Å². The first-order valence-corrected chi connectivity index (χ1v) is 7.18. The fraction of sp³-hybridized carbons (Fsp3) is 0.118. The van der Waals surface area contributed by atoms with E-state index in [1.807, 2.05) is 0 Å². The lowest BCUT2D eigenvalue weighted by Crippen LogP contribution is -2.32. The predicted octanol–water partition coefficient (Wildman–Crippen LogP) is 2.41. The Kier molecular flexibility index (Phi) is 4.15. The Labute approximate surface area is 137 Å². The van der Waals surface area contributed by atoms with Crippen molar-refractivity contribution in [1.29, 1.82) is 0 Å². The van der Waals surface area contributed by atoms with Crippen molar-refractivity contribution in [2.24, 2.45) is 0 Å². The molecule has 0 unspecified atom stereocenters. The summed E-state index contributed by atoms with van der Waals surface area (Å²) in [7, 11) is 0. The minimum absolute atomic E-state index is 0.0378. The molecule has 7 nitrogen and oxygen atoms in total. The number of ether oxygens (including phenoxy) is 1. The summed E-state index contributed by atoms with van der Waals surface area (Å²) in [4.78, 5) is 39.9. The number of rotatable bonds is 4. The van der Waals surface area contributed by atoms with Crippen LogP contribution < -0.4 is 4.74 Å². The molecule has 1 N–H and O–H groups in total. The summed E-state index contributed by atoms with van der Waals surface area (Å²) >= 11 is 0. The fourth-order valence-corrected chi connectivity index (χ4v) is 2.13. The second-order valence-electron chi connectivity index (χ2n) is 5.08. The van der Waals surface area contributed by atoms with Crippen molar-refractivity contribution in [3.05, 3.63) is 54.1 Å². The number of hydrogen-bond acceptors (Lipinski definition) is 6. The van der Waals surface area contributed by atoms with Crippen LogP contribution >= 0.6 is 0 Å². The molecular formula is C17H13NO6. The molecule has 0 aliphatic carbocycles. The first-order valence-electron chi connectivity index (χ1n) is 7.18. The van der Waals surface area contributed by atoms with E-state index in [2.05, 4.69) is 0 Å². The van der Waals surface area contributed by atoms with Crippen molar-refractivity contribution in [2.75, 3.05) is 0 Å². The van der Waals surface area contributed by atoms with E-state index in [0.29, 0.717) is 16.6 Å². The maximum absolute atomic E-state index is 12.1. The molecule has 0 aromatic heterocycles. The average Bonchev–Trinajstić information content (AvgIpc) is 2.89. The van der Waals surface area contributed by atoms with Gasteiger partial charge in [0.15, 0.2) is 0 Å². The second-order valence-corrected chi connectivity index (χ2v) is 5.08. The third kappa shape index (κ3) is 3.35. The van der Waals surface area contributed by atoms with Gasteiger partial charge in [0, 0.05) is 12.8 Å². The Morgan fingerprint density at radius 2 is 1.62 bits per heavy atom. The van der Waals surface area contributed by atoms with Crippen molar-refractivity contribution < 1.29 is 29.1 Å². The van der Waals surface area contributed by atoms with Crippen LogP contribution in [0.25, 0.3) is 0 Å². The number of carbonyl (C=O) groups is 3. The molecule has 2 amide bonds. The highest BCUT2D eigenvalue weighted by atomic mass is 16.7. The number of phenols is 1. The van der Waals surface area contributed by atoms with Crippen molar-refractivity contribution in [1.82, 2.24) is 5.06 Å². The first-order chi connectivity index (χ1) is 11.5. The predicted molar refractivity (Wildman–Crippen MR) is 81.1 cm³/mol. The summed E-state index contributed by atoms with van der Waals surface area (Å²) in [6.07, 6.45) is 0.0756. The van der Waals surface area contributed by atoms with Gasteiger partial charge in [0.05, 0.1) is 5.56 Å². The number of hydrogen-bond donors (Lipinski definition) is 1. The van der Waals surface area contributed by atoms with Gasteiger partial charge >= 0.3 is 5.97 Å². The monoisotopic (exact) mass is 327 g/mol. The van der Waals surface area contributed by atoms with Gasteiger partial charge in [-0.05, 0) is 42.5 Å². The Balaban J connectivity index is 1.72. The summed E-state index contributed by atoms with van der Waals surface area (Å²) in [6.45, 7) is 0. The molecule has 1 aliphatic rings. The van der Waals surface area contributed by atoms with Crippen LogP contribution in [-0.4, -0.2) is 28.0 Å². The zero-order valence-electron chi connectivity index (χ0n) is 12.5. The number of nitrogens with zero attached hydrogens (tertiary/aromatic N) is 1. The highest BCUT2D eigenvalue weighted by Crippen LogP contribution is 2.24. The third-order valence-corrected chi connectivity index (χ3v) is 3.32. The zero-order chi connectivity index (χ0) is 17.1. The second kappa shape index (κ2) is 6.41. The van der Waals surface area contributed by atoms with E-state index in [4.69, 9.17) is 9.57 Å². The highest BCUT2D eigenvalue weighted by Gasteiger charge is 2.33. The number of imide groups is 1. The molecule has 1 heterocycles. The van der Waals surface area contributed by atoms with Crippen molar-refractivity contribution in [3.8, 4) is 17.2 Å². The van der Waals surface area contributed by atoms with Gasteiger partial charge in [-0.15, -0.1) is 5.06 Å². The van der Waals surface area contributed by atoms with Gasteiger partial charge in [0.25, 0.3) is 11.8 Å². The van der Waals surface area contributed by atoms with Crippen molar-refractivity contribution >= 4 is 17.8 Å². The Hall–Kier alpha value is -3.35. The van der Waals surface area contributed by atoms with E-state index >= 15 is 0 Å². The van der Waals surface area contributed by atoms with E-state index in [1.165, 1.54) is 24.3 Å². The van der Waals surface area contributed by atoms with Gasteiger partial charge in [-0.25, -0.2) is 4.79 Å². The summed E-state index contributed by atoms with van der Waals surface area (Å²) < 4.78 is 5.57. The van der Waals surface area contributed by atoms with E-state index < -0.39 is 17.8 Å². The molecule has 1 aliphatic heterocycles. The largest absolute Gasteiger partial charge is 0.508 e. The number of aromatic hydroxyl groups is 1. The Bertz CT molecular complexity index is 783. The van der Waals surface area contributed by atoms with Crippen LogP contribution in [0.1, 0.15) is 23.2 Å². The zero-order valence-corrected chi connectivity index (χ0v) is 12.5. The lowest BCUT2D eigenvalue weighted by Gasteiger charge is -2.13. The standard InChI is InChI=1S/C17H13NO6/c19-12-4-6-13(7-5-12)23-14-3-1-2-11(10-14)17(22)24-18-15(20)8-9-16(18)21/h1-7,10,19H,8-9H2. The number of hydroxylamine groups is 2. The van der Waals surface area contributed by atoms with E-state index in [0.717, 1.165) is 0 Å². The van der Waals surface area contributed by atoms with Crippen molar-refractivity contribution in [2.45, 2.75) is 12.8 Å². The van der Waals surface area contributed by atoms with Gasteiger partial charge in [0.1, 0.15) is 17.2 Å². The van der Waals surface area contributed by atoms with E-state index in [1.54, 1.807) is 24.3 Å². The van der Waals surface area contributed by atoms with Gasteiger partial charge in [-0.3, -0.25) is 9.59 Å². The Morgan fingerprint density at radius 3 is 2.29 bits per heavy atom. The molecule has 2 aromatic rings. The van der Waals surface area contributed by atoms with Gasteiger partial charge in [-0.2, -0.15) is 0 Å². The number of amides is 2. The number of benzene rings is 2. The molecule has 2 aromatic carbocycles. The molecule has 7 heteroatoms.